The molecule has 1 unspecified atom stereocenters. The van der Waals surface area contributed by atoms with E-state index in [0.717, 1.165) is 28.7 Å². The SMILES string of the molecule is Cl.Cl.NC1CN(Cc2ccc(F)cc2)c2ccc(Br)cc21. The van der Waals surface area contributed by atoms with E-state index in [-0.39, 0.29) is 36.7 Å². The number of nitrogens with two attached hydrogens (primary N) is 1. The fourth-order valence-electron chi connectivity index (χ4n) is 2.50. The summed E-state index contributed by atoms with van der Waals surface area (Å²) >= 11 is 3.47. The van der Waals surface area contributed by atoms with Crippen molar-refractivity contribution in [3.8, 4) is 0 Å². The summed E-state index contributed by atoms with van der Waals surface area (Å²) in [6, 6.07) is 12.8. The molecule has 2 aromatic rings. The van der Waals surface area contributed by atoms with E-state index in [1.807, 2.05) is 18.2 Å². The van der Waals surface area contributed by atoms with Crippen LogP contribution in [0.3, 0.4) is 0 Å². The molecule has 0 fully saturated rings. The molecule has 1 heterocycles. The molecule has 0 radical (unpaired) electrons. The first-order valence-electron chi connectivity index (χ1n) is 6.18. The minimum Gasteiger partial charge on any atom is -0.365 e. The first kappa shape index (κ1) is 18.2. The average molecular weight is 394 g/mol. The Morgan fingerprint density at radius 1 is 1.14 bits per heavy atom. The number of hydrogen-bond donors (Lipinski definition) is 1. The van der Waals surface area contributed by atoms with Crippen molar-refractivity contribution in [1.29, 1.82) is 0 Å². The zero-order valence-corrected chi connectivity index (χ0v) is 14.3. The van der Waals surface area contributed by atoms with E-state index >= 15 is 0 Å². The third-order valence-electron chi connectivity index (χ3n) is 3.43. The van der Waals surface area contributed by atoms with Crippen molar-refractivity contribution in [3.05, 3.63) is 63.9 Å². The van der Waals surface area contributed by atoms with Crippen LogP contribution in [0.1, 0.15) is 17.2 Å². The Kier molecular flexibility index (Phi) is 6.47. The molecule has 21 heavy (non-hydrogen) atoms. The summed E-state index contributed by atoms with van der Waals surface area (Å²) in [6.45, 7) is 1.55. The van der Waals surface area contributed by atoms with Gasteiger partial charge in [0.2, 0.25) is 0 Å². The molecule has 0 aromatic heterocycles. The van der Waals surface area contributed by atoms with Crippen LogP contribution in [0, 0.1) is 5.82 Å². The van der Waals surface area contributed by atoms with Crippen molar-refractivity contribution in [3.63, 3.8) is 0 Å². The fourth-order valence-corrected chi connectivity index (χ4v) is 2.88. The molecule has 0 amide bonds. The van der Waals surface area contributed by atoms with Gasteiger partial charge >= 0.3 is 0 Å². The van der Waals surface area contributed by atoms with Gasteiger partial charge in [-0.05, 0) is 41.5 Å². The molecule has 114 valence electrons. The van der Waals surface area contributed by atoms with Crippen LogP contribution in [0.5, 0.6) is 0 Å². The zero-order chi connectivity index (χ0) is 13.4. The maximum atomic E-state index is 12.9. The van der Waals surface area contributed by atoms with E-state index in [1.54, 1.807) is 0 Å². The Morgan fingerprint density at radius 3 is 2.48 bits per heavy atom. The van der Waals surface area contributed by atoms with Gasteiger partial charge in [0, 0.05) is 29.3 Å². The third kappa shape index (κ3) is 3.89. The molecular weight excluding hydrogens is 378 g/mol. The number of nitrogens with zero attached hydrogens (tertiary/aromatic N) is 1. The maximum absolute atomic E-state index is 12.9. The third-order valence-corrected chi connectivity index (χ3v) is 3.93. The predicted molar refractivity (Wildman–Crippen MR) is 93.0 cm³/mol. The van der Waals surface area contributed by atoms with Gasteiger partial charge in [-0.2, -0.15) is 0 Å². The highest BCUT2D eigenvalue weighted by Crippen LogP contribution is 2.36. The predicted octanol–water partition coefficient (Wildman–Crippen LogP) is 4.45. The summed E-state index contributed by atoms with van der Waals surface area (Å²) in [6.07, 6.45) is 0. The summed E-state index contributed by atoms with van der Waals surface area (Å²) < 4.78 is 14.0. The largest absolute Gasteiger partial charge is 0.365 e. The summed E-state index contributed by atoms with van der Waals surface area (Å²) in [5.41, 5.74) is 9.58. The van der Waals surface area contributed by atoms with Crippen LogP contribution >= 0.6 is 40.7 Å². The molecule has 1 aliphatic heterocycles. The lowest BCUT2D eigenvalue weighted by molar-refractivity contribution is 0.626. The number of rotatable bonds is 2. The second-order valence-electron chi connectivity index (χ2n) is 4.82. The lowest BCUT2D eigenvalue weighted by Crippen LogP contribution is -2.23. The first-order chi connectivity index (χ1) is 9.13. The van der Waals surface area contributed by atoms with E-state index < -0.39 is 0 Å². The molecule has 6 heteroatoms. The Balaban J connectivity index is 0.00000110. The number of benzene rings is 2. The molecule has 2 nitrogen and oxygen atoms in total. The molecule has 0 saturated carbocycles. The standard InChI is InChI=1S/C15H14BrFN2.2ClH/c16-11-3-6-15-13(7-11)14(18)9-19(15)8-10-1-4-12(17)5-2-10;;/h1-7,14H,8-9,18H2;2*1H. The first-order valence-corrected chi connectivity index (χ1v) is 6.97. The van der Waals surface area contributed by atoms with Gasteiger partial charge in [-0.15, -0.1) is 24.8 Å². The van der Waals surface area contributed by atoms with Crippen molar-refractivity contribution in [2.45, 2.75) is 12.6 Å². The van der Waals surface area contributed by atoms with Crippen LogP contribution in [0.15, 0.2) is 46.9 Å². The topological polar surface area (TPSA) is 29.3 Å². The van der Waals surface area contributed by atoms with Gasteiger partial charge in [-0.1, -0.05) is 28.1 Å². The second kappa shape index (κ2) is 7.45. The summed E-state index contributed by atoms with van der Waals surface area (Å²) in [7, 11) is 0. The lowest BCUT2D eigenvalue weighted by atomic mass is 10.1. The van der Waals surface area contributed by atoms with Crippen LogP contribution < -0.4 is 10.6 Å². The Bertz CT molecular complexity index is 607. The zero-order valence-electron chi connectivity index (χ0n) is 11.1. The van der Waals surface area contributed by atoms with Gasteiger partial charge < -0.3 is 10.6 Å². The van der Waals surface area contributed by atoms with Crippen LogP contribution in [0.25, 0.3) is 0 Å². The minimum atomic E-state index is -0.203. The van der Waals surface area contributed by atoms with Gasteiger partial charge in [0.05, 0.1) is 0 Å². The van der Waals surface area contributed by atoms with Crippen molar-refractivity contribution in [2.75, 3.05) is 11.4 Å². The van der Waals surface area contributed by atoms with Crippen LogP contribution in [0.4, 0.5) is 10.1 Å². The van der Waals surface area contributed by atoms with Crippen LogP contribution in [0.2, 0.25) is 0 Å². The molecule has 3 rings (SSSR count). The second-order valence-corrected chi connectivity index (χ2v) is 5.73. The number of fused-ring (bicyclic) bond motifs is 1. The monoisotopic (exact) mass is 392 g/mol. The van der Waals surface area contributed by atoms with Crippen molar-refractivity contribution in [1.82, 2.24) is 0 Å². The number of halogens is 4. The smallest absolute Gasteiger partial charge is 0.123 e. The molecular formula is C15H16BrCl2FN2. The van der Waals surface area contributed by atoms with Crippen molar-refractivity contribution < 1.29 is 4.39 Å². The van der Waals surface area contributed by atoms with Gasteiger partial charge in [0.25, 0.3) is 0 Å². The van der Waals surface area contributed by atoms with Crippen molar-refractivity contribution in [2.24, 2.45) is 5.73 Å². The Hall–Kier alpha value is -0.810. The van der Waals surface area contributed by atoms with Crippen molar-refractivity contribution >= 4 is 46.4 Å². The quantitative estimate of drug-likeness (QED) is 0.816. The van der Waals surface area contributed by atoms with Crippen LogP contribution in [-0.2, 0) is 6.54 Å². The molecule has 2 aromatic carbocycles. The number of anilines is 1. The highest BCUT2D eigenvalue weighted by Gasteiger charge is 2.25. The molecule has 0 saturated heterocycles. The van der Waals surface area contributed by atoms with E-state index in [0.29, 0.717) is 0 Å². The van der Waals surface area contributed by atoms with E-state index in [2.05, 4.69) is 33.0 Å². The van der Waals surface area contributed by atoms with Gasteiger partial charge in [-0.25, -0.2) is 4.39 Å². The Morgan fingerprint density at radius 2 is 1.81 bits per heavy atom. The minimum absolute atomic E-state index is 0. The van der Waals surface area contributed by atoms with Gasteiger partial charge in [0.1, 0.15) is 5.82 Å². The average Bonchev–Trinajstić information content (AvgIpc) is 2.69. The molecule has 2 N–H and O–H groups in total. The van der Waals surface area contributed by atoms with E-state index in [4.69, 9.17) is 5.73 Å². The van der Waals surface area contributed by atoms with Gasteiger partial charge in [0.15, 0.2) is 0 Å². The maximum Gasteiger partial charge on any atom is 0.123 e. The Labute approximate surface area is 144 Å². The van der Waals surface area contributed by atoms with Crippen LogP contribution in [-0.4, -0.2) is 6.54 Å². The van der Waals surface area contributed by atoms with E-state index in [1.165, 1.54) is 17.8 Å². The summed E-state index contributed by atoms with van der Waals surface area (Å²) in [5, 5.41) is 0. The molecule has 1 aliphatic rings. The molecule has 0 bridgehead atoms. The van der Waals surface area contributed by atoms with Gasteiger partial charge in [-0.3, -0.25) is 0 Å². The molecule has 1 atom stereocenters. The normalized spacial score (nSPS) is 16.0. The fraction of sp³-hybridized carbons (Fsp3) is 0.200. The summed E-state index contributed by atoms with van der Waals surface area (Å²) in [4.78, 5) is 2.24. The van der Waals surface area contributed by atoms with E-state index in [9.17, 15) is 4.39 Å². The molecule has 0 aliphatic carbocycles. The molecule has 0 spiro atoms. The summed E-state index contributed by atoms with van der Waals surface area (Å²) in [5.74, 6) is -0.203. The highest BCUT2D eigenvalue weighted by molar-refractivity contribution is 9.10. The lowest BCUT2D eigenvalue weighted by Gasteiger charge is -2.19. The highest BCUT2D eigenvalue weighted by atomic mass is 79.9. The number of hydrogen-bond acceptors (Lipinski definition) is 2.